The summed E-state index contributed by atoms with van der Waals surface area (Å²) in [5, 5.41) is 26.5. The van der Waals surface area contributed by atoms with Gasteiger partial charge in [0.25, 0.3) is 11.8 Å². The van der Waals surface area contributed by atoms with Gasteiger partial charge >= 0.3 is 0 Å². The lowest BCUT2D eigenvalue weighted by atomic mass is 10.0. The number of fused-ring (bicyclic) bond motifs is 2. The standard InChI is InChI=1S/C29H24Cl2FN9O5S2/c1-46-38-20(19-23(31)48-29(35)37-19)25(42)36-21-26(43)41-22(28(44)45)14(11-47-27(21)41)8-39-4-2-12-3-5-40(18(12)10-39)9-15-16(30)6-13(24(33)34)7-17(15)32/h2-7,10,21,27H,8-9,11H2,1H3,(H6-,33,34,35,36,37,42,44,45)/b38-20-/t21-,27-/m1/s1. The molecular weight excluding hydrogens is 708 g/mol. The van der Waals surface area contributed by atoms with Crippen LogP contribution in [-0.4, -0.2) is 68.1 Å². The Morgan fingerprint density at radius 3 is 2.75 bits per heavy atom. The Morgan fingerprint density at radius 2 is 2.10 bits per heavy atom. The lowest BCUT2D eigenvalue weighted by Crippen LogP contribution is -2.71. The zero-order valence-electron chi connectivity index (χ0n) is 24.7. The number of carbonyl (C=O) groups excluding carboxylic acids is 3. The van der Waals surface area contributed by atoms with E-state index in [4.69, 9.17) is 44.9 Å². The number of hydrogen-bond donors (Lipinski definition) is 4. The van der Waals surface area contributed by atoms with Crippen LogP contribution in [0.4, 0.5) is 9.52 Å². The number of rotatable bonds is 10. The van der Waals surface area contributed by atoms with Crippen LogP contribution in [0.5, 0.6) is 0 Å². The minimum Gasteiger partial charge on any atom is -0.543 e. The van der Waals surface area contributed by atoms with Crippen molar-refractivity contribution in [2.24, 2.45) is 10.9 Å². The first-order chi connectivity index (χ1) is 22.9. The quantitative estimate of drug-likeness (QED) is 0.0607. The van der Waals surface area contributed by atoms with Crippen LogP contribution in [0, 0.1) is 11.2 Å². The van der Waals surface area contributed by atoms with Crippen LogP contribution in [0.15, 0.2) is 59.3 Å². The lowest BCUT2D eigenvalue weighted by Gasteiger charge is -2.50. The summed E-state index contributed by atoms with van der Waals surface area (Å²) in [6, 6.07) is 5.18. The number of nitrogens with zero attached hydrogens (tertiary/aromatic N) is 5. The second-order valence-corrected chi connectivity index (χ2v) is 13.8. The van der Waals surface area contributed by atoms with E-state index in [0.29, 0.717) is 11.1 Å². The molecule has 0 spiro atoms. The fourth-order valence-corrected chi connectivity index (χ4v) is 7.98. The number of carboxylic acids is 1. The summed E-state index contributed by atoms with van der Waals surface area (Å²) in [5.74, 6) is -3.70. The number of nitrogens with one attached hydrogen (secondary N) is 2. The molecule has 248 valence electrons. The molecular formula is C29H24Cl2FN9O5S2. The number of benzene rings is 1. The predicted molar refractivity (Wildman–Crippen MR) is 176 cm³/mol. The molecule has 1 saturated heterocycles. The van der Waals surface area contributed by atoms with Crippen LogP contribution >= 0.6 is 46.3 Å². The molecule has 0 unspecified atom stereocenters. The van der Waals surface area contributed by atoms with Crippen LogP contribution in [0.2, 0.25) is 9.36 Å². The fraction of sp³-hybridized carbons (Fsp3) is 0.207. The number of pyridine rings is 1. The van der Waals surface area contributed by atoms with Crippen LogP contribution < -0.4 is 26.5 Å². The summed E-state index contributed by atoms with van der Waals surface area (Å²) in [6.45, 7) is 0.177. The van der Waals surface area contributed by atoms with E-state index in [1.54, 1.807) is 27.7 Å². The Morgan fingerprint density at radius 1 is 1.33 bits per heavy atom. The zero-order valence-corrected chi connectivity index (χ0v) is 27.8. The second kappa shape index (κ2) is 13.1. The highest BCUT2D eigenvalue weighted by Crippen LogP contribution is 2.40. The summed E-state index contributed by atoms with van der Waals surface area (Å²) >= 11 is 14.7. The van der Waals surface area contributed by atoms with Crippen molar-refractivity contribution in [1.82, 2.24) is 19.8 Å². The topological polar surface area (TPSA) is 209 Å². The number of β-lactam (4-membered cyclic amide) rings is 1. The first kappa shape index (κ1) is 33.2. The molecule has 6 rings (SSSR count). The summed E-state index contributed by atoms with van der Waals surface area (Å²) in [5.41, 5.74) is 12.1. The van der Waals surface area contributed by atoms with E-state index < -0.39 is 35.0 Å². The van der Waals surface area contributed by atoms with Gasteiger partial charge in [0.2, 0.25) is 0 Å². The van der Waals surface area contributed by atoms with Crippen LogP contribution in [0.1, 0.15) is 16.8 Å². The maximum absolute atomic E-state index is 14.9. The number of amides is 2. The molecule has 2 atom stereocenters. The third kappa shape index (κ3) is 6.05. The monoisotopic (exact) mass is 731 g/mol. The summed E-state index contributed by atoms with van der Waals surface area (Å²) in [6.07, 6.45) is 5.30. The number of oxime groups is 1. The number of thiazole rings is 1. The molecule has 19 heteroatoms. The molecule has 5 heterocycles. The minimum atomic E-state index is -1.54. The van der Waals surface area contributed by atoms with Crippen molar-refractivity contribution in [1.29, 1.82) is 5.41 Å². The van der Waals surface area contributed by atoms with Crippen LogP contribution in [0.25, 0.3) is 10.9 Å². The van der Waals surface area contributed by atoms with E-state index in [9.17, 15) is 23.9 Å². The Hall–Kier alpha value is -4.71. The number of aliphatic carboxylic acids is 1. The van der Waals surface area contributed by atoms with Gasteiger partial charge in [0.15, 0.2) is 29.8 Å². The molecule has 4 aromatic rings. The Labute approximate surface area is 289 Å². The molecule has 1 aromatic carbocycles. The maximum Gasteiger partial charge on any atom is 0.276 e. The van der Waals surface area contributed by atoms with Crippen molar-refractivity contribution in [2.75, 3.05) is 18.6 Å². The van der Waals surface area contributed by atoms with Gasteiger partial charge in [0.1, 0.15) is 45.7 Å². The Kier molecular flexibility index (Phi) is 9.04. The van der Waals surface area contributed by atoms with Gasteiger partial charge in [-0.1, -0.05) is 39.7 Å². The summed E-state index contributed by atoms with van der Waals surface area (Å²) in [4.78, 5) is 48.7. The van der Waals surface area contributed by atoms with E-state index in [0.717, 1.165) is 27.7 Å². The molecule has 6 N–H and O–H groups in total. The second-order valence-electron chi connectivity index (χ2n) is 10.6. The number of nitrogen functional groups attached to an aromatic ring is 2. The summed E-state index contributed by atoms with van der Waals surface area (Å²) in [7, 11) is 1.22. The first-order valence-electron chi connectivity index (χ1n) is 13.9. The van der Waals surface area contributed by atoms with Crippen LogP contribution in [0.3, 0.4) is 0 Å². The van der Waals surface area contributed by atoms with E-state index >= 15 is 0 Å². The average Bonchev–Trinajstić information content (AvgIpc) is 3.60. The molecule has 0 radical (unpaired) electrons. The van der Waals surface area contributed by atoms with Gasteiger partial charge in [0, 0.05) is 45.1 Å². The number of halogens is 3. The van der Waals surface area contributed by atoms with Gasteiger partial charge in [0.05, 0.1) is 18.2 Å². The average molecular weight is 733 g/mol. The molecule has 1 fully saturated rings. The minimum absolute atomic E-state index is 0.0182. The Bertz CT molecular complexity index is 2080. The smallest absolute Gasteiger partial charge is 0.276 e. The highest BCUT2D eigenvalue weighted by atomic mass is 35.5. The van der Waals surface area contributed by atoms with E-state index in [-0.39, 0.29) is 67.4 Å². The number of thioether (sulfide) groups is 1. The molecule has 2 aliphatic rings. The van der Waals surface area contributed by atoms with Gasteiger partial charge in [-0.3, -0.25) is 19.9 Å². The SMILES string of the molecule is CO/N=C(\C(=O)N[C@@H]1C(=O)N2C(C(=O)[O-])=C(C[n+]3ccc4ccn(Cc5c(F)cc(C(=N)N)cc5Cl)c4c3)CS[C@H]12)c1nc(N)sc1Cl. The van der Waals surface area contributed by atoms with Crippen molar-refractivity contribution in [3.8, 4) is 0 Å². The van der Waals surface area contributed by atoms with Gasteiger partial charge in [-0.2, -0.15) is 4.57 Å². The van der Waals surface area contributed by atoms with Gasteiger partial charge in [-0.05, 0) is 18.2 Å². The number of carboxylic acid groups (broad SMARTS) is 1. The zero-order chi connectivity index (χ0) is 34.4. The molecule has 2 aliphatic heterocycles. The van der Waals surface area contributed by atoms with Crippen molar-refractivity contribution in [3.63, 3.8) is 0 Å². The molecule has 48 heavy (non-hydrogen) atoms. The molecule has 0 bridgehead atoms. The summed E-state index contributed by atoms with van der Waals surface area (Å²) < 4.78 is 18.6. The largest absolute Gasteiger partial charge is 0.543 e. The highest BCUT2D eigenvalue weighted by Gasteiger charge is 2.53. The van der Waals surface area contributed by atoms with E-state index in [1.165, 1.54) is 24.9 Å². The molecule has 0 saturated carbocycles. The fourth-order valence-electron chi connectivity index (χ4n) is 5.45. The number of nitrogens with two attached hydrogens (primary N) is 2. The van der Waals surface area contributed by atoms with Crippen molar-refractivity contribution in [3.05, 3.63) is 86.1 Å². The van der Waals surface area contributed by atoms with Gasteiger partial charge in [-0.15, -0.1) is 11.8 Å². The number of aromatic nitrogens is 3. The van der Waals surface area contributed by atoms with E-state index in [1.807, 2.05) is 12.1 Å². The molecule has 2 amide bonds. The van der Waals surface area contributed by atoms with E-state index in [2.05, 4.69) is 15.5 Å². The number of anilines is 1. The highest BCUT2D eigenvalue weighted by molar-refractivity contribution is 8.00. The number of amidine groups is 1. The molecule has 14 nitrogen and oxygen atoms in total. The molecule has 3 aromatic heterocycles. The van der Waals surface area contributed by atoms with Crippen molar-refractivity contribution < 1.29 is 33.3 Å². The molecule has 0 aliphatic carbocycles. The number of hydrogen-bond acceptors (Lipinski definition) is 11. The predicted octanol–water partition coefficient (Wildman–Crippen LogP) is 1.20. The Balaban J connectivity index is 1.23. The third-order valence-corrected chi connectivity index (χ3v) is 10.4. The maximum atomic E-state index is 14.9. The number of carbonyl (C=O) groups is 3. The van der Waals surface area contributed by atoms with Crippen molar-refractivity contribution in [2.45, 2.75) is 24.5 Å². The van der Waals surface area contributed by atoms with Crippen molar-refractivity contribution >= 4 is 91.7 Å². The third-order valence-electron chi connectivity index (χ3n) is 7.68. The normalized spacial score (nSPS) is 17.7. The van der Waals surface area contributed by atoms with Gasteiger partial charge < -0.3 is 36.1 Å². The first-order valence-corrected chi connectivity index (χ1v) is 16.5. The lowest BCUT2D eigenvalue weighted by molar-refractivity contribution is -0.687. The van der Waals surface area contributed by atoms with Crippen LogP contribution in [-0.2, 0) is 32.3 Å². The van der Waals surface area contributed by atoms with Gasteiger partial charge in [-0.25, -0.2) is 9.37 Å².